The number of amides is 2. The second-order valence-electron chi connectivity index (χ2n) is 7.43. The van der Waals surface area contributed by atoms with E-state index >= 15 is 0 Å². The van der Waals surface area contributed by atoms with Gasteiger partial charge in [-0.2, -0.15) is 0 Å². The van der Waals surface area contributed by atoms with E-state index in [1.807, 2.05) is 72.8 Å². The van der Waals surface area contributed by atoms with Crippen molar-refractivity contribution < 1.29 is 9.59 Å². The van der Waals surface area contributed by atoms with Gasteiger partial charge in [0, 0.05) is 12.6 Å². The molecule has 3 aromatic carbocycles. The summed E-state index contributed by atoms with van der Waals surface area (Å²) in [5.74, 6) is -0.480. The fourth-order valence-electron chi connectivity index (χ4n) is 4.23. The van der Waals surface area contributed by atoms with E-state index in [0.29, 0.717) is 11.5 Å². The van der Waals surface area contributed by atoms with Gasteiger partial charge in [0.1, 0.15) is 0 Å². The van der Waals surface area contributed by atoms with Crippen LogP contribution in [0.5, 0.6) is 0 Å². The number of hydrogen-bond donors (Lipinski definition) is 2. The maximum atomic E-state index is 13.5. The molecule has 0 bridgehead atoms. The van der Waals surface area contributed by atoms with Crippen LogP contribution in [0.1, 0.15) is 33.4 Å². The zero-order valence-electron chi connectivity index (χ0n) is 16.4. The van der Waals surface area contributed by atoms with Crippen LogP contribution in [0.2, 0.25) is 0 Å². The molecule has 148 valence electrons. The summed E-state index contributed by atoms with van der Waals surface area (Å²) in [4.78, 5) is 35.8. The lowest BCUT2D eigenvalue weighted by molar-refractivity contribution is -0.119. The number of carbonyl (C=O) groups is 2. The van der Waals surface area contributed by atoms with Crippen LogP contribution in [0.3, 0.4) is 0 Å². The van der Waals surface area contributed by atoms with Crippen LogP contribution >= 0.6 is 0 Å². The summed E-state index contributed by atoms with van der Waals surface area (Å²) in [6.45, 7) is 0. The van der Waals surface area contributed by atoms with Crippen molar-refractivity contribution in [1.82, 2.24) is 14.9 Å². The maximum absolute atomic E-state index is 13.5. The molecule has 0 fully saturated rings. The highest BCUT2D eigenvalue weighted by molar-refractivity contribution is 6.04. The molecule has 6 heteroatoms. The minimum atomic E-state index is -0.570. The highest BCUT2D eigenvalue weighted by Gasteiger charge is 2.42. The Kier molecular flexibility index (Phi) is 4.32. The molecule has 0 saturated heterocycles. The number of aromatic nitrogens is 2. The molecule has 1 aromatic heterocycles. The number of likely N-dealkylation sites (N-methyl/N-ethyl adjacent to an activating group) is 1. The van der Waals surface area contributed by atoms with Crippen LogP contribution < -0.4 is 5.32 Å². The largest absolute Gasteiger partial charge is 0.334 e. The highest BCUT2D eigenvalue weighted by Crippen LogP contribution is 2.42. The van der Waals surface area contributed by atoms with Gasteiger partial charge in [-0.3, -0.25) is 14.9 Å². The zero-order valence-corrected chi connectivity index (χ0v) is 16.4. The van der Waals surface area contributed by atoms with Crippen LogP contribution in [-0.4, -0.2) is 33.7 Å². The van der Waals surface area contributed by atoms with E-state index in [1.165, 1.54) is 0 Å². The van der Waals surface area contributed by atoms with Gasteiger partial charge in [0.25, 0.3) is 5.91 Å². The number of anilines is 1. The summed E-state index contributed by atoms with van der Waals surface area (Å²) in [5, 5.41) is 2.93. The molecule has 5 rings (SSSR count). The van der Waals surface area contributed by atoms with E-state index in [-0.39, 0.29) is 11.8 Å². The Labute approximate surface area is 173 Å². The fraction of sp³-hybridized carbons (Fsp3) is 0.125. The summed E-state index contributed by atoms with van der Waals surface area (Å²) in [6.07, 6.45) is 0. The van der Waals surface area contributed by atoms with E-state index in [0.717, 1.165) is 22.2 Å². The number of imidazole rings is 1. The van der Waals surface area contributed by atoms with E-state index in [2.05, 4.69) is 15.3 Å². The minimum absolute atomic E-state index is 0.0905. The summed E-state index contributed by atoms with van der Waals surface area (Å²) >= 11 is 0. The first kappa shape index (κ1) is 18.1. The molecule has 6 nitrogen and oxygen atoms in total. The maximum Gasteiger partial charge on any atom is 0.254 e. The van der Waals surface area contributed by atoms with Crippen molar-refractivity contribution in [3.05, 3.63) is 95.6 Å². The summed E-state index contributed by atoms with van der Waals surface area (Å²) in [5.41, 5.74) is 3.82. The lowest BCUT2D eigenvalue weighted by atomic mass is 9.79. The second-order valence-corrected chi connectivity index (χ2v) is 7.43. The third-order valence-electron chi connectivity index (χ3n) is 5.63. The quantitative estimate of drug-likeness (QED) is 0.547. The Bertz CT molecular complexity index is 1220. The topological polar surface area (TPSA) is 78.1 Å². The minimum Gasteiger partial charge on any atom is -0.334 e. The van der Waals surface area contributed by atoms with Gasteiger partial charge in [-0.25, -0.2) is 4.98 Å². The van der Waals surface area contributed by atoms with Crippen LogP contribution in [0.25, 0.3) is 11.0 Å². The summed E-state index contributed by atoms with van der Waals surface area (Å²) in [6, 6.07) is 24.2. The van der Waals surface area contributed by atoms with E-state index in [1.54, 1.807) is 18.0 Å². The number of para-hydroxylation sites is 2. The van der Waals surface area contributed by atoms with Gasteiger partial charge >= 0.3 is 0 Å². The molecule has 2 heterocycles. The molecular weight excluding hydrogens is 376 g/mol. The van der Waals surface area contributed by atoms with Gasteiger partial charge in [-0.1, -0.05) is 60.7 Å². The van der Waals surface area contributed by atoms with Crippen molar-refractivity contribution in [3.63, 3.8) is 0 Å². The number of benzene rings is 3. The molecule has 2 atom stereocenters. The first-order valence-corrected chi connectivity index (χ1v) is 9.80. The number of rotatable bonds is 3. The molecule has 0 unspecified atom stereocenters. The number of hydrogen-bond acceptors (Lipinski definition) is 3. The van der Waals surface area contributed by atoms with Gasteiger partial charge < -0.3 is 9.88 Å². The molecule has 2 amide bonds. The molecule has 30 heavy (non-hydrogen) atoms. The smallest absolute Gasteiger partial charge is 0.254 e. The standard InChI is InChI=1S/C24H20N4O2/c1-28-21(15-9-3-2-4-10-15)20(16-11-5-6-12-17(16)23(28)30)22(29)27-24-25-18-13-7-8-14-19(18)26-24/h2-14,20-21H,1H3,(H2,25,26,27,29)/t20-,21+/m0/s1. The molecule has 1 aliphatic heterocycles. The Morgan fingerprint density at radius 1 is 0.967 bits per heavy atom. The van der Waals surface area contributed by atoms with Crippen LogP contribution in [0, 0.1) is 0 Å². The first-order chi connectivity index (χ1) is 14.6. The predicted octanol–water partition coefficient (Wildman–Crippen LogP) is 4.11. The molecule has 0 aliphatic carbocycles. The zero-order chi connectivity index (χ0) is 20.7. The SMILES string of the molecule is CN1C(=O)c2ccccc2[C@H](C(=O)Nc2nc3ccccc3[nH]2)[C@H]1c1ccccc1. The lowest BCUT2D eigenvalue weighted by Crippen LogP contribution is -2.44. The molecular formula is C24H20N4O2. The normalized spacial score (nSPS) is 18.3. The van der Waals surface area contributed by atoms with Crippen molar-refractivity contribution in [2.24, 2.45) is 0 Å². The molecule has 0 saturated carbocycles. The van der Waals surface area contributed by atoms with Gasteiger partial charge in [-0.15, -0.1) is 0 Å². The number of nitrogens with zero attached hydrogens (tertiary/aromatic N) is 2. The van der Waals surface area contributed by atoms with Crippen LogP contribution in [0.15, 0.2) is 78.9 Å². The highest BCUT2D eigenvalue weighted by atomic mass is 16.2. The lowest BCUT2D eigenvalue weighted by Gasteiger charge is -2.39. The number of carbonyl (C=O) groups excluding carboxylic acids is 2. The van der Waals surface area contributed by atoms with Crippen molar-refractivity contribution in [2.75, 3.05) is 12.4 Å². The Hall–Kier alpha value is -3.93. The van der Waals surface area contributed by atoms with Crippen molar-refractivity contribution in [2.45, 2.75) is 12.0 Å². The third-order valence-corrected chi connectivity index (χ3v) is 5.63. The van der Waals surface area contributed by atoms with Gasteiger partial charge in [0.2, 0.25) is 11.9 Å². The van der Waals surface area contributed by atoms with Crippen molar-refractivity contribution in [1.29, 1.82) is 0 Å². The Morgan fingerprint density at radius 2 is 1.67 bits per heavy atom. The second kappa shape index (κ2) is 7.15. The van der Waals surface area contributed by atoms with E-state index in [4.69, 9.17) is 0 Å². The first-order valence-electron chi connectivity index (χ1n) is 9.80. The van der Waals surface area contributed by atoms with Gasteiger partial charge in [0.05, 0.1) is 23.0 Å². The average Bonchev–Trinajstić information content (AvgIpc) is 3.18. The average molecular weight is 396 g/mol. The summed E-state index contributed by atoms with van der Waals surface area (Å²) < 4.78 is 0. The number of fused-ring (bicyclic) bond motifs is 2. The molecule has 4 aromatic rings. The van der Waals surface area contributed by atoms with E-state index < -0.39 is 12.0 Å². The third kappa shape index (κ3) is 2.93. The number of aromatic amines is 1. The van der Waals surface area contributed by atoms with E-state index in [9.17, 15) is 9.59 Å². The van der Waals surface area contributed by atoms with Crippen molar-refractivity contribution >= 4 is 28.8 Å². The Balaban J connectivity index is 1.59. The molecule has 1 aliphatic rings. The molecule has 2 N–H and O–H groups in total. The van der Waals surface area contributed by atoms with Gasteiger partial charge in [-0.05, 0) is 29.3 Å². The van der Waals surface area contributed by atoms with Gasteiger partial charge in [0.15, 0.2) is 0 Å². The number of nitrogens with one attached hydrogen (secondary N) is 2. The fourth-order valence-corrected chi connectivity index (χ4v) is 4.23. The van der Waals surface area contributed by atoms with Crippen LogP contribution in [0.4, 0.5) is 5.95 Å². The Morgan fingerprint density at radius 3 is 2.47 bits per heavy atom. The molecule has 0 radical (unpaired) electrons. The number of H-pyrrole nitrogens is 1. The summed E-state index contributed by atoms with van der Waals surface area (Å²) in [7, 11) is 1.75. The predicted molar refractivity (Wildman–Crippen MR) is 115 cm³/mol. The van der Waals surface area contributed by atoms with Crippen LogP contribution in [-0.2, 0) is 4.79 Å². The van der Waals surface area contributed by atoms with Crippen molar-refractivity contribution in [3.8, 4) is 0 Å². The monoisotopic (exact) mass is 396 g/mol. The molecule has 0 spiro atoms.